The van der Waals surface area contributed by atoms with E-state index in [1.54, 1.807) is 41.3 Å². The second-order valence-electron chi connectivity index (χ2n) is 8.64. The fraction of sp³-hybridized carbons (Fsp3) is 0.148. The average molecular weight is 566 g/mol. The molecule has 192 valence electrons. The van der Waals surface area contributed by atoms with Crippen LogP contribution in [0.2, 0.25) is 5.02 Å². The molecule has 0 radical (unpaired) electrons. The van der Waals surface area contributed by atoms with Gasteiger partial charge in [-0.15, -0.1) is 0 Å². The van der Waals surface area contributed by atoms with Crippen LogP contribution < -0.4 is 0 Å². The van der Waals surface area contributed by atoms with E-state index in [0.717, 1.165) is 21.8 Å². The molecule has 0 unspecified atom stereocenters. The molecule has 0 N–H and O–H groups in total. The number of fused-ring (bicyclic) bond motifs is 1. The molecule has 3 aromatic rings. The van der Waals surface area contributed by atoms with E-state index in [0.29, 0.717) is 40.3 Å². The van der Waals surface area contributed by atoms with Crippen LogP contribution in [0.1, 0.15) is 16.7 Å². The summed E-state index contributed by atoms with van der Waals surface area (Å²) in [5, 5.41) is 11.8. The Morgan fingerprint density at radius 2 is 1.82 bits per heavy atom. The number of hydrogen-bond acceptors (Lipinski definition) is 7. The van der Waals surface area contributed by atoms with Gasteiger partial charge in [-0.1, -0.05) is 53.7 Å². The summed E-state index contributed by atoms with van der Waals surface area (Å²) in [5.41, 5.74) is 2.53. The van der Waals surface area contributed by atoms with Gasteiger partial charge in [-0.05, 0) is 71.3 Å². The third-order valence-electron chi connectivity index (χ3n) is 6.17. The molecule has 3 aromatic carbocycles. The molecule has 0 spiro atoms. The lowest BCUT2D eigenvalue weighted by atomic mass is 10.00. The van der Waals surface area contributed by atoms with Crippen molar-refractivity contribution >= 4 is 63.9 Å². The minimum absolute atomic E-state index is 0.110. The van der Waals surface area contributed by atoms with Gasteiger partial charge in [0.2, 0.25) is 5.91 Å². The summed E-state index contributed by atoms with van der Waals surface area (Å²) in [6.07, 6.45) is 2.16. The number of nitro groups is 1. The predicted octanol–water partition coefficient (Wildman–Crippen LogP) is 6.02. The number of nitro benzene ring substituents is 1. The maximum absolute atomic E-state index is 13.0. The summed E-state index contributed by atoms with van der Waals surface area (Å²) >= 11 is 7.85. The zero-order chi connectivity index (χ0) is 26.8. The van der Waals surface area contributed by atoms with Gasteiger partial charge >= 0.3 is 0 Å². The minimum atomic E-state index is -0.590. The molecule has 0 aromatic heterocycles. The van der Waals surface area contributed by atoms with Crippen LogP contribution in [-0.2, 0) is 22.6 Å². The van der Waals surface area contributed by atoms with Crippen LogP contribution in [0.25, 0.3) is 6.08 Å². The smallest absolute Gasteiger partial charge is 0.294 e. The Morgan fingerprint density at radius 3 is 2.55 bits per heavy atom. The number of thioether (sulfide) groups is 1. The van der Waals surface area contributed by atoms with E-state index >= 15 is 0 Å². The molecule has 2 aliphatic rings. The Labute approximate surface area is 231 Å². The van der Waals surface area contributed by atoms with Gasteiger partial charge in [0.25, 0.3) is 16.8 Å². The van der Waals surface area contributed by atoms with Crippen molar-refractivity contribution in [2.24, 2.45) is 0 Å². The monoisotopic (exact) mass is 565 g/mol. The maximum Gasteiger partial charge on any atom is 0.294 e. The zero-order valence-corrected chi connectivity index (χ0v) is 22.2. The van der Waals surface area contributed by atoms with E-state index in [1.165, 1.54) is 29.5 Å². The fourth-order valence-electron chi connectivity index (χ4n) is 4.21. The lowest BCUT2D eigenvalue weighted by Gasteiger charge is -2.29. The van der Waals surface area contributed by atoms with Crippen molar-refractivity contribution in [1.29, 1.82) is 0 Å². The van der Waals surface area contributed by atoms with E-state index in [-0.39, 0.29) is 23.0 Å². The molecule has 0 bridgehead atoms. The molecule has 0 atom stereocenters. The van der Waals surface area contributed by atoms with Crippen LogP contribution in [0.15, 0.2) is 81.4 Å². The Bertz CT molecular complexity index is 1490. The van der Waals surface area contributed by atoms with E-state index in [2.05, 4.69) is 0 Å². The fourth-order valence-corrected chi connectivity index (χ4v) is 6.08. The predicted molar refractivity (Wildman–Crippen MR) is 147 cm³/mol. The molecular weight excluding hydrogens is 546 g/mol. The van der Waals surface area contributed by atoms with Crippen molar-refractivity contribution in [2.75, 3.05) is 13.1 Å². The average Bonchev–Trinajstić information content (AvgIpc) is 3.17. The number of nitrogens with zero attached hydrogens (tertiary/aromatic N) is 3. The highest BCUT2D eigenvalue weighted by Crippen LogP contribution is 2.38. The Morgan fingerprint density at radius 1 is 1.08 bits per heavy atom. The van der Waals surface area contributed by atoms with Crippen LogP contribution >= 0.6 is 35.1 Å². The number of carbonyl (C=O) groups is 3. The minimum Gasteiger partial charge on any atom is -0.336 e. The first-order valence-corrected chi connectivity index (χ1v) is 13.6. The Kier molecular flexibility index (Phi) is 7.55. The SMILES string of the molecule is O=C(CN1C(=O)S/C(=C\c2ccc(Sc3ccc(Cl)cc3)c([N+](=O)[O-])c2)C1=O)N1CCc2ccccc2C1. The van der Waals surface area contributed by atoms with Crippen LogP contribution in [0.5, 0.6) is 0 Å². The van der Waals surface area contributed by atoms with Crippen molar-refractivity contribution in [3.63, 3.8) is 0 Å². The van der Waals surface area contributed by atoms with Crippen molar-refractivity contribution in [2.45, 2.75) is 22.8 Å². The molecule has 8 nitrogen and oxygen atoms in total. The lowest BCUT2D eigenvalue weighted by Crippen LogP contribution is -2.44. The summed E-state index contributed by atoms with van der Waals surface area (Å²) in [5.74, 6) is -0.893. The highest BCUT2D eigenvalue weighted by atomic mass is 35.5. The Balaban J connectivity index is 1.30. The van der Waals surface area contributed by atoms with Crippen LogP contribution in [-0.4, -0.2) is 44.9 Å². The van der Waals surface area contributed by atoms with E-state index in [4.69, 9.17) is 11.6 Å². The van der Waals surface area contributed by atoms with Crippen molar-refractivity contribution in [1.82, 2.24) is 9.80 Å². The normalized spacial score (nSPS) is 16.2. The van der Waals surface area contributed by atoms with E-state index in [1.807, 2.05) is 24.3 Å². The summed E-state index contributed by atoms with van der Waals surface area (Å²) in [7, 11) is 0. The molecule has 11 heteroatoms. The second kappa shape index (κ2) is 11.0. The summed E-state index contributed by atoms with van der Waals surface area (Å²) < 4.78 is 0. The summed E-state index contributed by atoms with van der Waals surface area (Å²) in [6, 6.07) is 19.4. The van der Waals surface area contributed by atoms with Gasteiger partial charge in [-0.25, -0.2) is 0 Å². The van der Waals surface area contributed by atoms with Crippen LogP contribution in [0.4, 0.5) is 10.5 Å². The molecular formula is C27H20ClN3O5S2. The maximum atomic E-state index is 13.0. The van der Waals surface area contributed by atoms with Crippen LogP contribution in [0, 0.1) is 10.1 Å². The molecule has 3 amide bonds. The summed E-state index contributed by atoms with van der Waals surface area (Å²) in [6.45, 7) is 0.609. The van der Waals surface area contributed by atoms with Gasteiger partial charge in [-0.3, -0.25) is 29.4 Å². The largest absolute Gasteiger partial charge is 0.336 e. The van der Waals surface area contributed by atoms with Gasteiger partial charge in [0.05, 0.1) is 14.7 Å². The molecule has 38 heavy (non-hydrogen) atoms. The molecule has 2 aliphatic heterocycles. The van der Waals surface area contributed by atoms with Gasteiger partial charge < -0.3 is 4.90 Å². The molecule has 2 heterocycles. The second-order valence-corrected chi connectivity index (χ2v) is 11.2. The Hall–Kier alpha value is -3.60. The lowest BCUT2D eigenvalue weighted by molar-refractivity contribution is -0.387. The first-order valence-electron chi connectivity index (χ1n) is 11.6. The topological polar surface area (TPSA) is 101 Å². The van der Waals surface area contributed by atoms with Gasteiger partial charge in [0.1, 0.15) is 6.54 Å². The van der Waals surface area contributed by atoms with Gasteiger partial charge in [-0.2, -0.15) is 0 Å². The van der Waals surface area contributed by atoms with Gasteiger partial charge in [0, 0.05) is 29.1 Å². The highest BCUT2D eigenvalue weighted by Gasteiger charge is 2.37. The van der Waals surface area contributed by atoms with Crippen LogP contribution in [0.3, 0.4) is 0 Å². The molecule has 0 aliphatic carbocycles. The number of halogens is 1. The third kappa shape index (κ3) is 5.62. The van der Waals surface area contributed by atoms with Crippen molar-refractivity contribution < 1.29 is 19.3 Å². The number of amides is 3. The highest BCUT2D eigenvalue weighted by molar-refractivity contribution is 8.18. The summed E-state index contributed by atoms with van der Waals surface area (Å²) in [4.78, 5) is 53.7. The molecule has 1 fully saturated rings. The number of carbonyl (C=O) groups excluding carboxylic acids is 3. The number of rotatable bonds is 6. The number of imide groups is 1. The number of hydrogen-bond donors (Lipinski definition) is 0. The van der Waals surface area contributed by atoms with E-state index < -0.39 is 16.1 Å². The molecule has 5 rings (SSSR count). The van der Waals surface area contributed by atoms with E-state index in [9.17, 15) is 24.5 Å². The first-order chi connectivity index (χ1) is 18.3. The standard InChI is InChI=1S/C27H20ClN3O5S2/c28-20-6-8-21(9-7-20)37-23-10-5-17(13-22(23)31(35)36)14-24-26(33)30(27(34)38-24)16-25(32)29-12-11-18-3-1-2-4-19(18)15-29/h1-10,13-14H,11-12,15-16H2/b24-14-. The molecule has 1 saturated heterocycles. The quantitative estimate of drug-likeness (QED) is 0.204. The van der Waals surface area contributed by atoms with Crippen molar-refractivity contribution in [3.8, 4) is 0 Å². The number of benzene rings is 3. The van der Waals surface area contributed by atoms with Gasteiger partial charge in [0.15, 0.2) is 0 Å². The first kappa shape index (κ1) is 26.0. The third-order valence-corrected chi connectivity index (χ3v) is 8.40. The molecule has 0 saturated carbocycles. The zero-order valence-electron chi connectivity index (χ0n) is 19.8. The van der Waals surface area contributed by atoms with Crippen molar-refractivity contribution in [3.05, 3.63) is 103 Å².